The third kappa shape index (κ3) is 3.96. The molecule has 17 heavy (non-hydrogen) atoms. The molecule has 2 N–H and O–H groups in total. The number of hydrogen-bond acceptors (Lipinski definition) is 2. The van der Waals surface area contributed by atoms with Gasteiger partial charge in [-0.25, -0.2) is 0 Å². The van der Waals surface area contributed by atoms with E-state index >= 15 is 0 Å². The fourth-order valence-corrected chi connectivity index (χ4v) is 3.63. The molecule has 0 aliphatic heterocycles. The smallest absolute Gasteiger partial charge is 0.0693 e. The summed E-state index contributed by atoms with van der Waals surface area (Å²) in [5.74, 6) is 0. The third-order valence-corrected chi connectivity index (χ3v) is 4.63. The Kier molecular flexibility index (Phi) is 4.48. The van der Waals surface area contributed by atoms with Crippen LogP contribution < -0.4 is 5.32 Å². The minimum atomic E-state index is -0.109. The van der Waals surface area contributed by atoms with Crippen molar-refractivity contribution in [2.75, 3.05) is 0 Å². The van der Waals surface area contributed by atoms with Gasteiger partial charge in [0.1, 0.15) is 0 Å². The van der Waals surface area contributed by atoms with Crippen LogP contribution >= 0.6 is 0 Å². The molecule has 0 aromatic heterocycles. The molecule has 3 atom stereocenters. The van der Waals surface area contributed by atoms with E-state index < -0.39 is 0 Å². The summed E-state index contributed by atoms with van der Waals surface area (Å²) >= 11 is 0. The highest BCUT2D eigenvalue weighted by molar-refractivity contribution is 4.88. The van der Waals surface area contributed by atoms with Crippen molar-refractivity contribution in [1.82, 2.24) is 5.32 Å². The van der Waals surface area contributed by atoms with Gasteiger partial charge in [0.25, 0.3) is 0 Å². The molecule has 2 fully saturated rings. The molecule has 3 unspecified atom stereocenters. The van der Waals surface area contributed by atoms with Crippen LogP contribution in [0.2, 0.25) is 0 Å². The highest BCUT2D eigenvalue weighted by Gasteiger charge is 2.31. The minimum absolute atomic E-state index is 0.109. The Hall–Kier alpha value is -0.0800. The van der Waals surface area contributed by atoms with Crippen LogP contribution in [-0.2, 0) is 0 Å². The van der Waals surface area contributed by atoms with Crippen molar-refractivity contribution in [1.29, 1.82) is 0 Å². The van der Waals surface area contributed by atoms with E-state index in [0.29, 0.717) is 17.5 Å². The number of rotatable bonds is 2. The summed E-state index contributed by atoms with van der Waals surface area (Å²) in [6, 6.07) is 0.993. The summed E-state index contributed by atoms with van der Waals surface area (Å²) in [4.78, 5) is 0. The van der Waals surface area contributed by atoms with Crippen LogP contribution in [0, 0.1) is 5.41 Å². The molecule has 0 spiro atoms. The van der Waals surface area contributed by atoms with Crippen LogP contribution in [-0.4, -0.2) is 23.3 Å². The van der Waals surface area contributed by atoms with Crippen molar-refractivity contribution in [2.45, 2.75) is 89.8 Å². The van der Waals surface area contributed by atoms with Gasteiger partial charge >= 0.3 is 0 Å². The Balaban J connectivity index is 1.86. The van der Waals surface area contributed by atoms with E-state index in [1.54, 1.807) is 0 Å². The maximum atomic E-state index is 10.1. The molecular weight excluding hydrogens is 210 g/mol. The van der Waals surface area contributed by atoms with Gasteiger partial charge in [-0.3, -0.25) is 0 Å². The van der Waals surface area contributed by atoms with Crippen molar-refractivity contribution in [3.63, 3.8) is 0 Å². The lowest BCUT2D eigenvalue weighted by Gasteiger charge is -2.38. The maximum absolute atomic E-state index is 10.1. The second-order valence-electron chi connectivity index (χ2n) is 6.94. The van der Waals surface area contributed by atoms with E-state index in [4.69, 9.17) is 0 Å². The van der Waals surface area contributed by atoms with Gasteiger partial charge in [-0.05, 0) is 37.5 Å². The first-order valence-corrected chi connectivity index (χ1v) is 7.51. The largest absolute Gasteiger partial charge is 0.392 e. The molecule has 2 saturated carbocycles. The second-order valence-corrected chi connectivity index (χ2v) is 6.94. The van der Waals surface area contributed by atoms with Gasteiger partial charge in [0.15, 0.2) is 0 Å². The monoisotopic (exact) mass is 239 g/mol. The van der Waals surface area contributed by atoms with Crippen molar-refractivity contribution >= 4 is 0 Å². The van der Waals surface area contributed by atoms with E-state index in [0.717, 1.165) is 12.8 Å². The molecule has 0 radical (unpaired) electrons. The highest BCUT2D eigenvalue weighted by atomic mass is 16.3. The molecule has 2 heteroatoms. The zero-order valence-electron chi connectivity index (χ0n) is 11.5. The summed E-state index contributed by atoms with van der Waals surface area (Å²) in [5, 5.41) is 13.9. The van der Waals surface area contributed by atoms with E-state index in [9.17, 15) is 5.11 Å². The number of hydrogen-bond donors (Lipinski definition) is 2. The predicted molar refractivity (Wildman–Crippen MR) is 72.1 cm³/mol. The van der Waals surface area contributed by atoms with Crippen LogP contribution in [0.3, 0.4) is 0 Å². The molecule has 2 nitrogen and oxygen atoms in total. The quantitative estimate of drug-likeness (QED) is 0.725. The number of aliphatic hydroxyl groups excluding tert-OH is 1. The van der Waals surface area contributed by atoms with Crippen LogP contribution in [0.5, 0.6) is 0 Å². The second kappa shape index (κ2) is 5.71. The van der Waals surface area contributed by atoms with Gasteiger partial charge in [0.05, 0.1) is 6.10 Å². The minimum Gasteiger partial charge on any atom is -0.392 e. The molecule has 0 saturated heterocycles. The zero-order chi connectivity index (χ0) is 12.3. The first-order valence-electron chi connectivity index (χ1n) is 7.51. The van der Waals surface area contributed by atoms with Crippen LogP contribution in [0.4, 0.5) is 0 Å². The summed E-state index contributed by atoms with van der Waals surface area (Å²) in [6.45, 7) is 4.76. The van der Waals surface area contributed by atoms with Gasteiger partial charge in [-0.15, -0.1) is 0 Å². The molecule has 2 aliphatic carbocycles. The SMILES string of the molecule is CC1(C)CCCC(NC2CCCCCC2O)C1. The molecule has 2 rings (SSSR count). The Bertz CT molecular complexity index is 239. The summed E-state index contributed by atoms with van der Waals surface area (Å²) < 4.78 is 0. The highest BCUT2D eigenvalue weighted by Crippen LogP contribution is 2.35. The molecule has 0 aromatic rings. The molecule has 100 valence electrons. The van der Waals surface area contributed by atoms with Gasteiger partial charge in [-0.1, -0.05) is 39.5 Å². The van der Waals surface area contributed by atoms with Crippen LogP contribution in [0.15, 0.2) is 0 Å². The molecular formula is C15H29NO. The number of aliphatic hydroxyl groups is 1. The van der Waals surface area contributed by atoms with Crippen LogP contribution in [0.25, 0.3) is 0 Å². The van der Waals surface area contributed by atoms with E-state index in [1.165, 1.54) is 44.9 Å². The predicted octanol–water partition coefficient (Wildman–Crippen LogP) is 3.24. The van der Waals surface area contributed by atoms with Crippen molar-refractivity contribution in [2.24, 2.45) is 5.41 Å². The van der Waals surface area contributed by atoms with E-state index in [-0.39, 0.29) is 6.10 Å². The van der Waals surface area contributed by atoms with Gasteiger partial charge in [0.2, 0.25) is 0 Å². The average Bonchev–Trinajstić information content (AvgIpc) is 2.43. The lowest BCUT2D eigenvalue weighted by Crippen LogP contribution is -2.47. The topological polar surface area (TPSA) is 32.3 Å². The Morgan fingerprint density at radius 3 is 2.53 bits per heavy atom. The maximum Gasteiger partial charge on any atom is 0.0693 e. The summed E-state index contributed by atoms with van der Waals surface area (Å²) in [7, 11) is 0. The molecule has 0 aromatic carbocycles. The fourth-order valence-electron chi connectivity index (χ4n) is 3.63. The molecule has 0 bridgehead atoms. The van der Waals surface area contributed by atoms with Crippen LogP contribution in [0.1, 0.15) is 71.6 Å². The Morgan fingerprint density at radius 1 is 1.00 bits per heavy atom. The van der Waals surface area contributed by atoms with Gasteiger partial charge in [0, 0.05) is 12.1 Å². The van der Waals surface area contributed by atoms with Crippen molar-refractivity contribution in [3.05, 3.63) is 0 Å². The van der Waals surface area contributed by atoms with E-state index in [1.807, 2.05) is 0 Å². The fraction of sp³-hybridized carbons (Fsp3) is 1.00. The van der Waals surface area contributed by atoms with Gasteiger partial charge in [-0.2, -0.15) is 0 Å². The van der Waals surface area contributed by atoms with Crippen molar-refractivity contribution < 1.29 is 5.11 Å². The standard InChI is InChI=1S/C15H29NO/c1-15(2)10-6-7-12(11-15)16-13-8-4-3-5-9-14(13)17/h12-14,16-17H,3-11H2,1-2H3. The Morgan fingerprint density at radius 2 is 1.76 bits per heavy atom. The first-order chi connectivity index (χ1) is 8.07. The first kappa shape index (κ1) is 13.4. The van der Waals surface area contributed by atoms with E-state index in [2.05, 4.69) is 19.2 Å². The molecule has 2 aliphatic rings. The average molecular weight is 239 g/mol. The lowest BCUT2D eigenvalue weighted by molar-refractivity contribution is 0.0981. The molecule has 0 heterocycles. The zero-order valence-corrected chi connectivity index (χ0v) is 11.5. The number of nitrogens with one attached hydrogen (secondary N) is 1. The van der Waals surface area contributed by atoms with Crippen molar-refractivity contribution in [3.8, 4) is 0 Å². The summed E-state index contributed by atoms with van der Waals surface area (Å²) in [6.07, 6.45) is 11.1. The normalized spacial score (nSPS) is 38.6. The molecule has 0 amide bonds. The summed E-state index contributed by atoms with van der Waals surface area (Å²) in [5.41, 5.74) is 0.492. The Labute approximate surface area is 106 Å². The van der Waals surface area contributed by atoms with Gasteiger partial charge < -0.3 is 10.4 Å². The third-order valence-electron chi connectivity index (χ3n) is 4.63. The lowest BCUT2D eigenvalue weighted by atomic mass is 9.75.